The molecule has 0 radical (unpaired) electrons. The van der Waals surface area contributed by atoms with Crippen LogP contribution in [0.4, 0.5) is 0 Å². The van der Waals surface area contributed by atoms with Gasteiger partial charge in [0.05, 0.1) is 26.4 Å². The summed E-state index contributed by atoms with van der Waals surface area (Å²) in [6, 6.07) is 0. The van der Waals surface area contributed by atoms with Crippen LogP contribution in [0.15, 0.2) is 0 Å². The Morgan fingerprint density at radius 3 is 0.791 bits per heavy atom. The summed E-state index contributed by atoms with van der Waals surface area (Å²) in [7, 11) is -9.88. The largest absolute Gasteiger partial charge is 0.472 e. The Hall–Kier alpha value is -1.94. The number of carbonyl (C=O) groups excluding carboxylic acids is 4. The molecule has 0 rings (SSSR count). The van der Waals surface area contributed by atoms with Gasteiger partial charge >= 0.3 is 39.5 Å². The van der Waals surface area contributed by atoms with Gasteiger partial charge in [0, 0.05) is 25.7 Å². The molecule has 3 N–H and O–H groups in total. The molecule has 0 aromatic carbocycles. The summed E-state index contributed by atoms with van der Waals surface area (Å²) in [5.41, 5.74) is 0. The molecule has 0 fully saturated rings. The second-order valence-electron chi connectivity index (χ2n) is 24.7. The fourth-order valence-electron chi connectivity index (χ4n) is 10.1. The second-order valence-corrected chi connectivity index (χ2v) is 27.6. The highest BCUT2D eigenvalue weighted by Crippen LogP contribution is 2.45. The maximum absolute atomic E-state index is 13.0. The number of aliphatic hydroxyl groups is 1. The van der Waals surface area contributed by atoms with E-state index in [0.29, 0.717) is 25.7 Å². The Kier molecular flexibility index (Phi) is 59.2. The Morgan fingerprint density at radius 2 is 0.535 bits per heavy atom. The van der Waals surface area contributed by atoms with Crippen LogP contribution < -0.4 is 0 Å². The maximum atomic E-state index is 13.0. The summed E-state index contributed by atoms with van der Waals surface area (Å²) in [5, 5.41) is 10.5. The fraction of sp³-hybridized carbons (Fsp3) is 0.940. The molecule has 0 bridgehead atoms. The van der Waals surface area contributed by atoms with Gasteiger partial charge in [-0.2, -0.15) is 0 Å². The number of aliphatic hydroxyl groups excluding tert-OH is 1. The van der Waals surface area contributed by atoms with Crippen LogP contribution in [0.25, 0.3) is 0 Å². The Labute approximate surface area is 524 Å². The molecule has 0 saturated carbocycles. The Bertz CT molecular complexity index is 1670. The van der Waals surface area contributed by atoms with Crippen LogP contribution in [0.2, 0.25) is 0 Å². The van der Waals surface area contributed by atoms with Crippen molar-refractivity contribution in [1.82, 2.24) is 0 Å². The minimum atomic E-state index is -4.95. The van der Waals surface area contributed by atoms with E-state index in [4.69, 9.17) is 37.0 Å². The molecule has 0 saturated heterocycles. The van der Waals surface area contributed by atoms with Gasteiger partial charge in [0.25, 0.3) is 0 Å². The molecular weight excluding hydrogens is 1140 g/mol. The summed E-state index contributed by atoms with van der Waals surface area (Å²) in [4.78, 5) is 72.1. The zero-order valence-corrected chi connectivity index (χ0v) is 57.2. The standard InChI is InChI=1S/C67H130O17P2/c1-6-9-12-15-17-19-21-25-29-33-36-41-46-51-65(70)78-57-63(84-67(72)53-48-43-38-34-30-27-24-22-23-26-28-31-35-40-44-49-60(4)5)59-82-86(75,76)80-55-61(68)54-79-85(73,74)81-58-62(56-77-64(69)50-45-39-14-11-8-3)83-66(71)52-47-42-37-32-20-18-16-13-10-7-2/h60-63,68H,6-59H2,1-5H3,(H,73,74)(H,75,76)/t61-,62+,63+/m0/s1. The van der Waals surface area contributed by atoms with E-state index in [1.54, 1.807) is 0 Å². The zero-order chi connectivity index (χ0) is 63.5. The SMILES string of the molecule is CCCCCCCCCCCCCCCC(=O)OC[C@H](COP(=O)(O)OC[C@@H](O)COP(=O)(O)OC[C@@H](COC(=O)CCCCCCC)OC(=O)CCCCCCCCCCCC)OC(=O)CCCCCCCCCCCCCCCCCC(C)C. The van der Waals surface area contributed by atoms with Gasteiger partial charge in [0.1, 0.15) is 19.3 Å². The first-order valence-electron chi connectivity index (χ1n) is 35.1. The first-order chi connectivity index (χ1) is 41.5. The van der Waals surface area contributed by atoms with Gasteiger partial charge in [0.2, 0.25) is 0 Å². The van der Waals surface area contributed by atoms with Gasteiger partial charge in [-0.3, -0.25) is 37.3 Å². The van der Waals surface area contributed by atoms with Gasteiger partial charge < -0.3 is 33.8 Å². The minimum absolute atomic E-state index is 0.106. The first-order valence-corrected chi connectivity index (χ1v) is 38.1. The maximum Gasteiger partial charge on any atom is 0.472 e. The van der Waals surface area contributed by atoms with Crippen LogP contribution in [-0.2, 0) is 65.4 Å². The summed E-state index contributed by atoms with van der Waals surface area (Å²) in [6.07, 6.45) is 46.1. The number of phosphoric ester groups is 2. The molecule has 510 valence electrons. The van der Waals surface area contributed by atoms with E-state index >= 15 is 0 Å². The van der Waals surface area contributed by atoms with Crippen LogP contribution in [-0.4, -0.2) is 96.7 Å². The Balaban J connectivity index is 5.14. The predicted molar refractivity (Wildman–Crippen MR) is 345 cm³/mol. The molecule has 5 atom stereocenters. The van der Waals surface area contributed by atoms with Gasteiger partial charge in [-0.1, -0.05) is 291 Å². The highest BCUT2D eigenvalue weighted by molar-refractivity contribution is 7.47. The molecule has 19 heteroatoms. The summed E-state index contributed by atoms with van der Waals surface area (Å²) in [5.74, 6) is -1.33. The van der Waals surface area contributed by atoms with Crippen LogP contribution in [0.3, 0.4) is 0 Å². The minimum Gasteiger partial charge on any atom is -0.462 e. The zero-order valence-electron chi connectivity index (χ0n) is 55.4. The predicted octanol–water partition coefficient (Wildman–Crippen LogP) is 19.0. The van der Waals surface area contributed by atoms with Crippen LogP contribution in [0.1, 0.15) is 343 Å². The lowest BCUT2D eigenvalue weighted by Gasteiger charge is -2.21. The number of hydrogen-bond donors (Lipinski definition) is 3. The van der Waals surface area contributed by atoms with Crippen LogP contribution in [0.5, 0.6) is 0 Å². The monoisotopic (exact) mass is 1270 g/mol. The molecule has 0 aliphatic carbocycles. The smallest absolute Gasteiger partial charge is 0.462 e. The van der Waals surface area contributed by atoms with Gasteiger partial charge in [-0.05, 0) is 31.6 Å². The van der Waals surface area contributed by atoms with E-state index in [-0.39, 0.29) is 25.7 Å². The van der Waals surface area contributed by atoms with E-state index in [2.05, 4.69) is 34.6 Å². The van der Waals surface area contributed by atoms with Gasteiger partial charge in [-0.25, -0.2) is 9.13 Å². The average molecular weight is 1270 g/mol. The van der Waals surface area contributed by atoms with Crippen molar-refractivity contribution in [3.05, 3.63) is 0 Å². The normalized spacial score (nSPS) is 14.2. The molecule has 0 amide bonds. The molecule has 0 aromatic heterocycles. The molecular formula is C67H130O17P2. The van der Waals surface area contributed by atoms with E-state index in [1.807, 2.05) is 0 Å². The van der Waals surface area contributed by atoms with Gasteiger partial charge in [0.15, 0.2) is 12.2 Å². The van der Waals surface area contributed by atoms with Crippen molar-refractivity contribution in [3.8, 4) is 0 Å². The number of esters is 4. The molecule has 0 aromatic rings. The summed E-state index contributed by atoms with van der Waals surface area (Å²) >= 11 is 0. The lowest BCUT2D eigenvalue weighted by molar-refractivity contribution is -0.161. The second kappa shape index (κ2) is 60.6. The van der Waals surface area contributed by atoms with Crippen molar-refractivity contribution >= 4 is 39.5 Å². The highest BCUT2D eigenvalue weighted by atomic mass is 31.2. The number of rotatable bonds is 67. The highest BCUT2D eigenvalue weighted by Gasteiger charge is 2.30. The lowest BCUT2D eigenvalue weighted by atomic mass is 10.0. The third-order valence-corrected chi connectivity index (χ3v) is 17.4. The number of hydrogen-bond acceptors (Lipinski definition) is 15. The number of phosphoric acid groups is 2. The van der Waals surface area contributed by atoms with Crippen LogP contribution in [0, 0.1) is 5.92 Å². The van der Waals surface area contributed by atoms with E-state index in [1.165, 1.54) is 161 Å². The van der Waals surface area contributed by atoms with Crippen LogP contribution >= 0.6 is 15.6 Å². The van der Waals surface area contributed by atoms with Crippen molar-refractivity contribution in [1.29, 1.82) is 0 Å². The van der Waals surface area contributed by atoms with Crippen molar-refractivity contribution in [2.45, 2.75) is 361 Å². The Morgan fingerprint density at radius 1 is 0.314 bits per heavy atom. The first kappa shape index (κ1) is 84.1. The number of carbonyl (C=O) groups is 4. The average Bonchev–Trinajstić information content (AvgIpc) is 3.57. The lowest BCUT2D eigenvalue weighted by Crippen LogP contribution is -2.30. The number of unbranched alkanes of at least 4 members (excludes halogenated alkanes) is 39. The third-order valence-electron chi connectivity index (χ3n) is 15.5. The van der Waals surface area contributed by atoms with Crippen molar-refractivity contribution < 1.29 is 80.2 Å². The summed E-state index contributed by atoms with van der Waals surface area (Å²) < 4.78 is 67.9. The molecule has 0 heterocycles. The van der Waals surface area contributed by atoms with E-state index in [9.17, 15) is 43.2 Å². The topological polar surface area (TPSA) is 237 Å². The quantitative estimate of drug-likeness (QED) is 0.0222. The van der Waals surface area contributed by atoms with Gasteiger partial charge in [-0.15, -0.1) is 0 Å². The van der Waals surface area contributed by atoms with E-state index in [0.717, 1.165) is 102 Å². The van der Waals surface area contributed by atoms with E-state index < -0.39 is 97.5 Å². The molecule has 2 unspecified atom stereocenters. The van der Waals surface area contributed by atoms with Crippen molar-refractivity contribution in [2.24, 2.45) is 5.92 Å². The molecule has 0 spiro atoms. The third kappa shape index (κ3) is 60.9. The number of ether oxygens (including phenoxy) is 4. The molecule has 86 heavy (non-hydrogen) atoms. The molecule has 17 nitrogen and oxygen atoms in total. The summed E-state index contributed by atoms with van der Waals surface area (Å²) in [6.45, 7) is 7.16. The fourth-order valence-corrected chi connectivity index (χ4v) is 11.7. The van der Waals surface area contributed by atoms with Crippen molar-refractivity contribution in [3.63, 3.8) is 0 Å². The van der Waals surface area contributed by atoms with Crippen molar-refractivity contribution in [2.75, 3.05) is 39.6 Å². The molecule has 0 aliphatic rings. The molecule has 0 aliphatic heterocycles.